The lowest BCUT2D eigenvalue weighted by Crippen LogP contribution is -2.16. The molecule has 6 heteroatoms. The minimum Gasteiger partial charge on any atom is -0.481 e. The summed E-state index contributed by atoms with van der Waals surface area (Å²) in [4.78, 5) is 27.5. The van der Waals surface area contributed by atoms with Crippen molar-refractivity contribution in [3.05, 3.63) is 45.9 Å². The molecule has 0 saturated heterocycles. The highest BCUT2D eigenvalue weighted by atomic mass is 32.1. The molecule has 26 heavy (non-hydrogen) atoms. The summed E-state index contributed by atoms with van der Waals surface area (Å²) in [5.41, 5.74) is 2.57. The number of rotatable bonds is 4. The lowest BCUT2D eigenvalue weighted by atomic mass is 9.83. The van der Waals surface area contributed by atoms with Crippen LogP contribution < -0.4 is 5.32 Å². The van der Waals surface area contributed by atoms with E-state index >= 15 is 0 Å². The van der Waals surface area contributed by atoms with Crippen molar-refractivity contribution in [2.24, 2.45) is 11.8 Å². The van der Waals surface area contributed by atoms with E-state index in [1.165, 1.54) is 19.3 Å². The average molecular weight is 366 g/mol. The zero-order chi connectivity index (χ0) is 18.1. The van der Waals surface area contributed by atoms with Gasteiger partial charge in [-0.3, -0.25) is 9.59 Å². The first-order chi connectivity index (χ1) is 12.6. The maximum absolute atomic E-state index is 12.1. The van der Waals surface area contributed by atoms with Gasteiger partial charge < -0.3 is 10.4 Å². The molecule has 5 nitrogen and oxygen atoms in total. The van der Waals surface area contributed by atoms with E-state index in [0.717, 1.165) is 16.3 Å². The largest absolute Gasteiger partial charge is 0.481 e. The van der Waals surface area contributed by atoms with Crippen LogP contribution in [0.25, 0.3) is 0 Å². The second-order valence-electron chi connectivity index (χ2n) is 6.81. The number of benzene rings is 1. The Morgan fingerprint density at radius 3 is 2.77 bits per heavy atom. The molecule has 0 radical (unpaired) electrons. The first-order valence-electron chi connectivity index (χ1n) is 8.71. The SMILES string of the molecule is O=C(O)C1CC1C(=O)Nc1cccc(C#Cc2nc(C3CCC3)cs2)c1. The molecule has 0 spiro atoms. The number of aliphatic carboxylic acids is 1. The van der Waals surface area contributed by atoms with Gasteiger partial charge in [0, 0.05) is 22.5 Å². The molecule has 1 heterocycles. The number of thiazole rings is 1. The van der Waals surface area contributed by atoms with E-state index in [2.05, 4.69) is 27.5 Å². The van der Waals surface area contributed by atoms with Crippen molar-refractivity contribution in [3.8, 4) is 11.8 Å². The van der Waals surface area contributed by atoms with Gasteiger partial charge in [0.25, 0.3) is 0 Å². The van der Waals surface area contributed by atoms with Crippen molar-refractivity contribution in [2.45, 2.75) is 31.6 Å². The number of nitrogens with one attached hydrogen (secondary N) is 1. The molecule has 1 aromatic carbocycles. The van der Waals surface area contributed by atoms with Crippen LogP contribution in [0.4, 0.5) is 5.69 Å². The van der Waals surface area contributed by atoms with E-state index in [-0.39, 0.29) is 5.91 Å². The van der Waals surface area contributed by atoms with Gasteiger partial charge in [-0.05, 0) is 43.4 Å². The van der Waals surface area contributed by atoms with Gasteiger partial charge in [-0.25, -0.2) is 4.98 Å². The van der Waals surface area contributed by atoms with Crippen molar-refractivity contribution >= 4 is 28.9 Å². The Morgan fingerprint density at radius 1 is 1.23 bits per heavy atom. The van der Waals surface area contributed by atoms with E-state index in [4.69, 9.17) is 5.11 Å². The fourth-order valence-corrected chi connectivity index (χ4v) is 3.77. The molecule has 132 valence electrons. The number of anilines is 1. The topological polar surface area (TPSA) is 79.3 Å². The van der Waals surface area contributed by atoms with E-state index in [1.807, 2.05) is 12.1 Å². The number of nitrogens with zero attached hydrogens (tertiary/aromatic N) is 1. The van der Waals surface area contributed by atoms with Gasteiger partial charge in [0.05, 0.1) is 17.5 Å². The normalized spacial score (nSPS) is 21.2. The number of carbonyl (C=O) groups excluding carboxylic acids is 1. The van der Waals surface area contributed by atoms with Gasteiger partial charge in [0.1, 0.15) is 0 Å². The smallest absolute Gasteiger partial charge is 0.307 e. The predicted molar refractivity (Wildman–Crippen MR) is 99.0 cm³/mol. The minimum atomic E-state index is -0.908. The summed E-state index contributed by atoms with van der Waals surface area (Å²) >= 11 is 1.57. The number of aromatic nitrogens is 1. The molecule has 2 aliphatic carbocycles. The third kappa shape index (κ3) is 3.63. The summed E-state index contributed by atoms with van der Waals surface area (Å²) in [6.45, 7) is 0. The van der Waals surface area contributed by atoms with Gasteiger partial charge in [0.15, 0.2) is 5.01 Å². The number of carbonyl (C=O) groups is 2. The fraction of sp³-hybridized carbons (Fsp3) is 0.350. The number of hydrogen-bond donors (Lipinski definition) is 2. The lowest BCUT2D eigenvalue weighted by molar-refractivity contribution is -0.139. The quantitative estimate of drug-likeness (QED) is 0.812. The molecule has 0 bridgehead atoms. The second-order valence-corrected chi connectivity index (χ2v) is 7.67. The summed E-state index contributed by atoms with van der Waals surface area (Å²) in [6.07, 6.45) is 4.15. The van der Waals surface area contributed by atoms with E-state index in [9.17, 15) is 9.59 Å². The Kier molecular flexibility index (Phi) is 4.48. The highest BCUT2D eigenvalue weighted by Crippen LogP contribution is 2.39. The zero-order valence-electron chi connectivity index (χ0n) is 14.1. The molecular formula is C20H18N2O3S. The molecule has 2 aliphatic rings. The third-order valence-electron chi connectivity index (χ3n) is 4.93. The molecule has 2 fully saturated rings. The van der Waals surface area contributed by atoms with Gasteiger partial charge in [0.2, 0.25) is 5.91 Å². The molecule has 2 atom stereocenters. The van der Waals surface area contributed by atoms with Crippen LogP contribution in [0.3, 0.4) is 0 Å². The van der Waals surface area contributed by atoms with Crippen molar-refractivity contribution < 1.29 is 14.7 Å². The highest BCUT2D eigenvalue weighted by molar-refractivity contribution is 7.10. The van der Waals surface area contributed by atoms with Crippen molar-refractivity contribution in [2.75, 3.05) is 5.32 Å². The van der Waals surface area contributed by atoms with Crippen molar-refractivity contribution in [1.29, 1.82) is 0 Å². The number of amides is 1. The third-order valence-corrected chi connectivity index (χ3v) is 5.71. The van der Waals surface area contributed by atoms with E-state index in [0.29, 0.717) is 18.0 Å². The van der Waals surface area contributed by atoms with Gasteiger partial charge in [-0.1, -0.05) is 18.4 Å². The summed E-state index contributed by atoms with van der Waals surface area (Å²) in [5.74, 6) is 4.66. The summed E-state index contributed by atoms with van der Waals surface area (Å²) in [6, 6.07) is 7.27. The van der Waals surface area contributed by atoms with Crippen molar-refractivity contribution in [3.63, 3.8) is 0 Å². The molecule has 1 amide bonds. The summed E-state index contributed by atoms with van der Waals surface area (Å²) < 4.78 is 0. The first kappa shape index (κ1) is 16.8. The lowest BCUT2D eigenvalue weighted by Gasteiger charge is -2.22. The maximum atomic E-state index is 12.1. The van der Waals surface area contributed by atoms with Crippen LogP contribution in [0.1, 0.15) is 47.9 Å². The van der Waals surface area contributed by atoms with Crippen molar-refractivity contribution in [1.82, 2.24) is 4.98 Å². The zero-order valence-corrected chi connectivity index (χ0v) is 14.9. The summed E-state index contributed by atoms with van der Waals surface area (Å²) in [5, 5.41) is 14.6. The Balaban J connectivity index is 1.41. The monoisotopic (exact) mass is 366 g/mol. The predicted octanol–water partition coefficient (Wildman–Crippen LogP) is 3.47. The molecule has 2 aromatic rings. The number of carboxylic acids is 1. The van der Waals surface area contributed by atoms with Gasteiger partial charge in [-0.15, -0.1) is 11.3 Å². The molecule has 0 aliphatic heterocycles. The van der Waals surface area contributed by atoms with E-state index < -0.39 is 17.8 Å². The molecule has 2 N–H and O–H groups in total. The molecule has 1 aromatic heterocycles. The Bertz CT molecular complexity index is 920. The second kappa shape index (κ2) is 6.93. The molecule has 2 unspecified atom stereocenters. The fourth-order valence-electron chi connectivity index (χ4n) is 3.03. The number of carboxylic acid groups (broad SMARTS) is 1. The van der Waals surface area contributed by atoms with Crippen LogP contribution in [-0.4, -0.2) is 22.0 Å². The van der Waals surface area contributed by atoms with Crippen LogP contribution >= 0.6 is 11.3 Å². The standard InChI is InChI=1S/C20H18N2O3S/c23-19(15-10-16(15)20(24)25)21-14-6-1-3-12(9-14)7-8-18-22-17(11-26-18)13-4-2-5-13/h1,3,6,9,11,13,15-16H,2,4-5,10H2,(H,21,23)(H,24,25). The van der Waals surface area contributed by atoms with Gasteiger partial charge >= 0.3 is 5.97 Å². The summed E-state index contributed by atoms with van der Waals surface area (Å²) in [7, 11) is 0. The van der Waals surface area contributed by atoms with Crippen LogP contribution in [0, 0.1) is 23.7 Å². The van der Waals surface area contributed by atoms with Gasteiger partial charge in [-0.2, -0.15) is 0 Å². The van der Waals surface area contributed by atoms with Crippen LogP contribution in [0.2, 0.25) is 0 Å². The Hall–Kier alpha value is -2.65. The number of hydrogen-bond acceptors (Lipinski definition) is 4. The Labute approximate surface area is 155 Å². The molecular weight excluding hydrogens is 348 g/mol. The van der Waals surface area contributed by atoms with Crippen LogP contribution in [0.15, 0.2) is 29.6 Å². The first-order valence-corrected chi connectivity index (χ1v) is 9.59. The minimum absolute atomic E-state index is 0.243. The van der Waals surface area contributed by atoms with E-state index in [1.54, 1.807) is 23.5 Å². The molecule has 4 rings (SSSR count). The van der Waals surface area contributed by atoms with Crippen LogP contribution in [0.5, 0.6) is 0 Å². The Morgan fingerprint density at radius 2 is 2.08 bits per heavy atom. The van der Waals surface area contributed by atoms with Crippen LogP contribution in [-0.2, 0) is 9.59 Å². The maximum Gasteiger partial charge on any atom is 0.307 e. The highest BCUT2D eigenvalue weighted by Gasteiger charge is 2.48. The molecule has 2 saturated carbocycles. The average Bonchev–Trinajstić information content (AvgIpc) is 3.26.